The summed E-state index contributed by atoms with van der Waals surface area (Å²) in [6.45, 7) is 4.98. The fraction of sp³-hybridized carbons (Fsp3) is 0.357. The number of hydrogen-bond donors (Lipinski definition) is 1. The number of nitrogens with one attached hydrogen (secondary N) is 1. The number of halogens is 1. The van der Waals surface area contributed by atoms with Crippen molar-refractivity contribution >= 4 is 17.3 Å². The molecule has 0 aliphatic heterocycles. The van der Waals surface area contributed by atoms with Crippen molar-refractivity contribution in [1.82, 2.24) is 15.1 Å². The number of benzene rings is 1. The molecule has 0 saturated heterocycles. The molecule has 0 aliphatic carbocycles. The van der Waals surface area contributed by atoms with Crippen molar-refractivity contribution in [1.29, 1.82) is 0 Å². The first-order valence-electron chi connectivity index (χ1n) is 6.52. The van der Waals surface area contributed by atoms with Crippen LogP contribution in [-0.4, -0.2) is 14.7 Å². The van der Waals surface area contributed by atoms with E-state index in [1.165, 1.54) is 6.07 Å². The molecule has 1 aromatic heterocycles. The van der Waals surface area contributed by atoms with Crippen LogP contribution in [0.1, 0.15) is 22.5 Å². The Hall–Kier alpha value is -1.92. The van der Waals surface area contributed by atoms with E-state index in [0.29, 0.717) is 23.7 Å². The highest BCUT2D eigenvalue weighted by molar-refractivity contribution is 6.30. The van der Waals surface area contributed by atoms with Gasteiger partial charge in [0, 0.05) is 48.0 Å². The van der Waals surface area contributed by atoms with Crippen LogP contribution in [0.3, 0.4) is 0 Å². The van der Waals surface area contributed by atoms with Gasteiger partial charge in [-0.15, -0.1) is 0 Å². The third-order valence-corrected chi connectivity index (χ3v) is 3.76. The summed E-state index contributed by atoms with van der Waals surface area (Å²) in [7, 11) is 1.90. The zero-order valence-electron chi connectivity index (χ0n) is 12.2. The molecule has 2 aromatic rings. The van der Waals surface area contributed by atoms with E-state index < -0.39 is 4.92 Å². The third kappa shape index (κ3) is 3.40. The molecule has 1 heterocycles. The van der Waals surface area contributed by atoms with Crippen molar-refractivity contribution < 1.29 is 4.92 Å². The molecule has 6 nitrogen and oxygen atoms in total. The van der Waals surface area contributed by atoms with E-state index >= 15 is 0 Å². The molecule has 7 heteroatoms. The second-order valence-corrected chi connectivity index (χ2v) is 5.34. The van der Waals surface area contributed by atoms with Crippen LogP contribution in [-0.2, 0) is 20.1 Å². The van der Waals surface area contributed by atoms with Crippen LogP contribution in [0, 0.1) is 24.0 Å². The van der Waals surface area contributed by atoms with E-state index in [9.17, 15) is 10.1 Å². The van der Waals surface area contributed by atoms with Gasteiger partial charge in [-0.3, -0.25) is 14.8 Å². The van der Waals surface area contributed by atoms with Crippen molar-refractivity contribution in [2.45, 2.75) is 26.9 Å². The normalized spacial score (nSPS) is 10.9. The maximum absolute atomic E-state index is 11.0. The summed E-state index contributed by atoms with van der Waals surface area (Å²) in [5.74, 6) is 0. The third-order valence-electron chi connectivity index (χ3n) is 3.52. The van der Waals surface area contributed by atoms with Crippen LogP contribution < -0.4 is 5.32 Å². The predicted molar refractivity (Wildman–Crippen MR) is 81.3 cm³/mol. The molecule has 0 bridgehead atoms. The van der Waals surface area contributed by atoms with Crippen LogP contribution in [0.25, 0.3) is 0 Å². The molecule has 1 N–H and O–H groups in total. The van der Waals surface area contributed by atoms with Crippen LogP contribution in [0.4, 0.5) is 5.69 Å². The molecular formula is C14H17ClN4O2. The van der Waals surface area contributed by atoms with Gasteiger partial charge in [0.05, 0.1) is 10.6 Å². The smallest absolute Gasteiger partial charge is 0.275 e. The number of nitro groups is 1. The predicted octanol–water partition coefficient (Wildman–Crippen LogP) is 2.89. The lowest BCUT2D eigenvalue weighted by Gasteiger charge is -2.07. The average molecular weight is 309 g/mol. The summed E-state index contributed by atoms with van der Waals surface area (Å²) < 4.78 is 1.83. The SMILES string of the molecule is Cc1nn(C)c(C)c1CNCc1ccc(Cl)cc1[N+](=O)[O-]. The second-order valence-electron chi connectivity index (χ2n) is 4.91. The maximum atomic E-state index is 11.0. The number of hydrogen-bond acceptors (Lipinski definition) is 4. The first-order chi connectivity index (χ1) is 9.90. The van der Waals surface area contributed by atoms with Crippen LogP contribution in [0.2, 0.25) is 5.02 Å². The maximum Gasteiger partial charge on any atom is 0.275 e. The highest BCUT2D eigenvalue weighted by Gasteiger charge is 2.14. The Morgan fingerprint density at radius 3 is 2.67 bits per heavy atom. The molecule has 112 valence electrons. The minimum Gasteiger partial charge on any atom is -0.308 e. The second kappa shape index (κ2) is 6.24. The van der Waals surface area contributed by atoms with Crippen molar-refractivity contribution in [2.75, 3.05) is 0 Å². The largest absolute Gasteiger partial charge is 0.308 e. The molecular weight excluding hydrogens is 292 g/mol. The van der Waals surface area contributed by atoms with E-state index in [2.05, 4.69) is 10.4 Å². The average Bonchev–Trinajstić information content (AvgIpc) is 2.66. The lowest BCUT2D eigenvalue weighted by Crippen LogP contribution is -2.15. The minimum atomic E-state index is -0.413. The van der Waals surface area contributed by atoms with Crippen molar-refractivity contribution in [3.8, 4) is 0 Å². The van der Waals surface area contributed by atoms with E-state index in [1.807, 2.05) is 25.6 Å². The van der Waals surface area contributed by atoms with Crippen molar-refractivity contribution in [3.05, 3.63) is 55.9 Å². The summed E-state index contributed by atoms with van der Waals surface area (Å²) in [4.78, 5) is 10.6. The molecule has 0 atom stereocenters. The zero-order chi connectivity index (χ0) is 15.6. The number of nitrogens with zero attached hydrogens (tertiary/aromatic N) is 3. The van der Waals surface area contributed by atoms with Gasteiger partial charge in [-0.1, -0.05) is 11.6 Å². The Morgan fingerprint density at radius 1 is 1.38 bits per heavy atom. The Morgan fingerprint density at radius 2 is 2.10 bits per heavy atom. The fourth-order valence-corrected chi connectivity index (χ4v) is 2.42. The van der Waals surface area contributed by atoms with Crippen molar-refractivity contribution in [2.24, 2.45) is 7.05 Å². The lowest BCUT2D eigenvalue weighted by atomic mass is 10.1. The topological polar surface area (TPSA) is 73.0 Å². The summed E-state index contributed by atoms with van der Waals surface area (Å²) in [5, 5.41) is 19.0. The van der Waals surface area contributed by atoms with Gasteiger partial charge in [-0.25, -0.2) is 0 Å². The van der Waals surface area contributed by atoms with Crippen LogP contribution >= 0.6 is 11.6 Å². The molecule has 2 rings (SSSR count). The highest BCUT2D eigenvalue weighted by atomic mass is 35.5. The number of aromatic nitrogens is 2. The zero-order valence-corrected chi connectivity index (χ0v) is 12.9. The number of nitro benzene ring substituents is 1. The van der Waals surface area contributed by atoms with Crippen LogP contribution in [0.15, 0.2) is 18.2 Å². The molecule has 0 unspecified atom stereocenters. The molecule has 0 radical (unpaired) electrons. The summed E-state index contributed by atoms with van der Waals surface area (Å²) in [5.41, 5.74) is 3.83. The standard InChI is InChI=1S/C14H17ClN4O2/c1-9-13(10(2)18(3)17-9)8-16-7-11-4-5-12(15)6-14(11)19(20)21/h4-6,16H,7-8H2,1-3H3. The monoisotopic (exact) mass is 308 g/mol. The Labute approximate surface area is 127 Å². The minimum absolute atomic E-state index is 0.0367. The van der Waals surface area contributed by atoms with Crippen molar-refractivity contribution in [3.63, 3.8) is 0 Å². The van der Waals surface area contributed by atoms with Gasteiger partial charge in [0.15, 0.2) is 0 Å². The lowest BCUT2D eigenvalue weighted by molar-refractivity contribution is -0.385. The first kappa shape index (κ1) is 15.5. The Balaban J connectivity index is 2.09. The van der Waals surface area contributed by atoms with Gasteiger partial charge in [0.2, 0.25) is 0 Å². The summed E-state index contributed by atoms with van der Waals surface area (Å²) in [6.07, 6.45) is 0. The van der Waals surface area contributed by atoms with E-state index in [1.54, 1.807) is 12.1 Å². The molecule has 0 spiro atoms. The number of aryl methyl sites for hydroxylation is 2. The number of rotatable bonds is 5. The molecule has 0 amide bonds. The van der Waals surface area contributed by atoms with E-state index in [-0.39, 0.29) is 5.69 Å². The molecule has 0 saturated carbocycles. The quantitative estimate of drug-likeness (QED) is 0.681. The van der Waals surface area contributed by atoms with Gasteiger partial charge in [-0.05, 0) is 26.0 Å². The van der Waals surface area contributed by atoms with E-state index in [4.69, 9.17) is 11.6 Å². The summed E-state index contributed by atoms with van der Waals surface area (Å²) >= 11 is 5.80. The Bertz CT molecular complexity index is 682. The molecule has 0 fully saturated rings. The van der Waals surface area contributed by atoms with Gasteiger partial charge in [-0.2, -0.15) is 5.10 Å². The molecule has 21 heavy (non-hydrogen) atoms. The summed E-state index contributed by atoms with van der Waals surface area (Å²) in [6, 6.07) is 4.71. The van der Waals surface area contributed by atoms with Crippen LogP contribution in [0.5, 0.6) is 0 Å². The van der Waals surface area contributed by atoms with Gasteiger partial charge in [0.25, 0.3) is 5.69 Å². The van der Waals surface area contributed by atoms with Gasteiger partial charge in [0.1, 0.15) is 0 Å². The van der Waals surface area contributed by atoms with Gasteiger partial charge >= 0.3 is 0 Å². The molecule has 0 aliphatic rings. The fourth-order valence-electron chi connectivity index (χ4n) is 2.25. The highest BCUT2D eigenvalue weighted by Crippen LogP contribution is 2.23. The first-order valence-corrected chi connectivity index (χ1v) is 6.90. The molecule has 1 aromatic carbocycles. The Kier molecular flexibility index (Phi) is 4.59. The van der Waals surface area contributed by atoms with Gasteiger partial charge < -0.3 is 5.32 Å². The van der Waals surface area contributed by atoms with E-state index in [0.717, 1.165) is 17.0 Å².